The Balaban J connectivity index is 1.82. The fourth-order valence-corrected chi connectivity index (χ4v) is 3.85. The molecule has 2 nitrogen and oxygen atoms in total. The molecule has 0 saturated carbocycles. The molecular formula is C15H18BrF3N2. The maximum Gasteiger partial charge on any atom is 0.418 e. The Labute approximate surface area is 130 Å². The Morgan fingerprint density at radius 1 is 1.14 bits per heavy atom. The number of rotatable bonds is 2. The molecule has 0 aliphatic carbocycles. The summed E-state index contributed by atoms with van der Waals surface area (Å²) in [6, 6.07) is 4.83. The molecule has 2 unspecified atom stereocenters. The molecule has 0 spiro atoms. The third-order valence-corrected chi connectivity index (χ3v) is 4.98. The average Bonchev–Trinajstić information content (AvgIpc) is 2.83. The van der Waals surface area contributed by atoms with E-state index in [1.807, 2.05) is 0 Å². The van der Waals surface area contributed by atoms with Crippen LogP contribution in [0.5, 0.6) is 0 Å². The standard InChI is InChI=1S/C15H18BrF3N2/c16-10-4-5-12(11(9-10)15(17,18)19)20-13-6-8-21-7-2-1-3-14(13)21/h4-5,9,13-14,20H,1-3,6-8H2. The molecule has 2 atom stereocenters. The van der Waals surface area contributed by atoms with Crippen LogP contribution in [-0.4, -0.2) is 30.1 Å². The molecule has 2 aliphatic rings. The molecule has 2 aliphatic heterocycles. The van der Waals surface area contributed by atoms with E-state index >= 15 is 0 Å². The highest BCUT2D eigenvalue weighted by Crippen LogP contribution is 2.38. The van der Waals surface area contributed by atoms with E-state index < -0.39 is 11.7 Å². The van der Waals surface area contributed by atoms with Crippen LogP contribution in [-0.2, 0) is 6.18 Å². The van der Waals surface area contributed by atoms with Gasteiger partial charge in [-0.1, -0.05) is 22.4 Å². The van der Waals surface area contributed by atoms with Crippen LogP contribution in [0.15, 0.2) is 22.7 Å². The lowest BCUT2D eigenvalue weighted by molar-refractivity contribution is -0.137. The minimum absolute atomic E-state index is 0.118. The van der Waals surface area contributed by atoms with Crippen LogP contribution in [0.4, 0.5) is 18.9 Å². The lowest BCUT2D eigenvalue weighted by Crippen LogP contribution is -2.41. The number of hydrogen-bond acceptors (Lipinski definition) is 2. The van der Waals surface area contributed by atoms with Gasteiger partial charge < -0.3 is 5.32 Å². The summed E-state index contributed by atoms with van der Waals surface area (Å²) in [4.78, 5) is 2.41. The van der Waals surface area contributed by atoms with Crippen LogP contribution in [0.1, 0.15) is 31.2 Å². The number of alkyl halides is 3. The van der Waals surface area contributed by atoms with Crippen LogP contribution < -0.4 is 5.32 Å². The third-order valence-electron chi connectivity index (χ3n) is 4.48. The zero-order chi connectivity index (χ0) is 15.0. The normalized spacial score (nSPS) is 26.7. The zero-order valence-electron chi connectivity index (χ0n) is 11.6. The minimum Gasteiger partial charge on any atom is -0.380 e. The highest BCUT2D eigenvalue weighted by molar-refractivity contribution is 9.10. The van der Waals surface area contributed by atoms with Crippen molar-refractivity contribution in [1.29, 1.82) is 0 Å². The highest BCUT2D eigenvalue weighted by Gasteiger charge is 2.38. The monoisotopic (exact) mass is 362 g/mol. The Kier molecular flexibility index (Phi) is 4.19. The molecule has 1 N–H and O–H groups in total. The lowest BCUT2D eigenvalue weighted by Gasteiger charge is -2.33. The van der Waals surface area contributed by atoms with E-state index in [2.05, 4.69) is 26.1 Å². The first kappa shape index (κ1) is 15.2. The molecule has 0 aromatic heterocycles. The minimum atomic E-state index is -4.34. The van der Waals surface area contributed by atoms with Crippen molar-refractivity contribution in [3.05, 3.63) is 28.2 Å². The van der Waals surface area contributed by atoms with E-state index in [1.54, 1.807) is 6.07 Å². The van der Waals surface area contributed by atoms with E-state index in [-0.39, 0.29) is 11.7 Å². The van der Waals surface area contributed by atoms with Gasteiger partial charge in [0.15, 0.2) is 0 Å². The van der Waals surface area contributed by atoms with Crippen molar-refractivity contribution < 1.29 is 13.2 Å². The molecular weight excluding hydrogens is 345 g/mol. The Morgan fingerprint density at radius 2 is 1.95 bits per heavy atom. The van der Waals surface area contributed by atoms with Crippen LogP contribution in [0.25, 0.3) is 0 Å². The molecule has 1 aromatic carbocycles. The molecule has 116 valence electrons. The van der Waals surface area contributed by atoms with Crippen molar-refractivity contribution in [3.63, 3.8) is 0 Å². The Morgan fingerprint density at radius 3 is 2.71 bits per heavy atom. The fraction of sp³-hybridized carbons (Fsp3) is 0.600. The van der Waals surface area contributed by atoms with Crippen LogP contribution >= 0.6 is 15.9 Å². The van der Waals surface area contributed by atoms with Crippen molar-refractivity contribution in [2.75, 3.05) is 18.4 Å². The molecule has 6 heteroatoms. The maximum absolute atomic E-state index is 13.2. The number of fused-ring (bicyclic) bond motifs is 1. The van der Waals surface area contributed by atoms with Crippen molar-refractivity contribution in [2.24, 2.45) is 0 Å². The summed E-state index contributed by atoms with van der Waals surface area (Å²) in [7, 11) is 0. The van der Waals surface area contributed by atoms with Gasteiger partial charge in [0, 0.05) is 28.8 Å². The smallest absolute Gasteiger partial charge is 0.380 e. The van der Waals surface area contributed by atoms with Gasteiger partial charge in [0.05, 0.1) is 5.56 Å². The number of hydrogen-bond donors (Lipinski definition) is 1. The molecule has 1 aromatic rings. The second kappa shape index (κ2) is 5.80. The van der Waals surface area contributed by atoms with Crippen LogP contribution in [0, 0.1) is 0 Å². The van der Waals surface area contributed by atoms with Crippen LogP contribution in [0.2, 0.25) is 0 Å². The summed E-state index contributed by atoms with van der Waals surface area (Å²) in [5.74, 6) is 0. The second-order valence-electron chi connectivity index (χ2n) is 5.83. The average molecular weight is 363 g/mol. The summed E-state index contributed by atoms with van der Waals surface area (Å²) in [6.07, 6.45) is 0.0334. The van der Waals surface area contributed by atoms with Gasteiger partial charge in [-0.25, -0.2) is 0 Å². The number of nitrogens with zero attached hydrogens (tertiary/aromatic N) is 1. The summed E-state index contributed by atoms with van der Waals surface area (Å²) in [6.45, 7) is 2.07. The Hall–Kier alpha value is -0.750. The van der Waals surface area contributed by atoms with E-state index in [1.165, 1.54) is 18.9 Å². The zero-order valence-corrected chi connectivity index (χ0v) is 13.2. The molecule has 2 heterocycles. The predicted molar refractivity (Wildman–Crippen MR) is 80.4 cm³/mol. The van der Waals surface area contributed by atoms with Crippen molar-refractivity contribution in [1.82, 2.24) is 4.90 Å². The first-order valence-electron chi connectivity index (χ1n) is 7.32. The number of nitrogens with one attached hydrogen (secondary N) is 1. The topological polar surface area (TPSA) is 15.3 Å². The first-order valence-corrected chi connectivity index (χ1v) is 8.12. The molecule has 0 radical (unpaired) electrons. The van der Waals surface area contributed by atoms with Gasteiger partial charge in [0.25, 0.3) is 0 Å². The van der Waals surface area contributed by atoms with E-state index in [0.29, 0.717) is 10.5 Å². The van der Waals surface area contributed by atoms with Gasteiger partial charge in [0.1, 0.15) is 0 Å². The largest absolute Gasteiger partial charge is 0.418 e. The molecule has 0 amide bonds. The second-order valence-corrected chi connectivity index (χ2v) is 6.74. The lowest BCUT2D eigenvalue weighted by atomic mass is 9.98. The van der Waals surface area contributed by atoms with Gasteiger partial charge in [0.2, 0.25) is 0 Å². The number of anilines is 1. The maximum atomic E-state index is 13.2. The van der Waals surface area contributed by atoms with Gasteiger partial charge in [-0.2, -0.15) is 13.2 Å². The molecule has 0 bridgehead atoms. The summed E-state index contributed by atoms with van der Waals surface area (Å²) < 4.78 is 39.9. The van der Waals surface area contributed by atoms with Crippen LogP contribution in [0.3, 0.4) is 0 Å². The summed E-state index contributed by atoms with van der Waals surface area (Å²) in [5, 5.41) is 3.16. The quantitative estimate of drug-likeness (QED) is 0.832. The fourth-order valence-electron chi connectivity index (χ4n) is 3.49. The predicted octanol–water partition coefficient (Wildman–Crippen LogP) is 4.51. The van der Waals surface area contributed by atoms with Gasteiger partial charge >= 0.3 is 6.18 Å². The third kappa shape index (κ3) is 3.21. The Bertz CT molecular complexity index is 518. The van der Waals surface area contributed by atoms with Crippen molar-refractivity contribution >= 4 is 21.6 Å². The van der Waals surface area contributed by atoms with E-state index in [4.69, 9.17) is 0 Å². The molecule has 2 saturated heterocycles. The number of piperidine rings is 1. The van der Waals surface area contributed by atoms with Gasteiger partial charge in [-0.05, 0) is 44.0 Å². The van der Waals surface area contributed by atoms with Gasteiger partial charge in [-0.3, -0.25) is 4.90 Å². The van der Waals surface area contributed by atoms with Crippen molar-refractivity contribution in [2.45, 2.75) is 43.9 Å². The highest BCUT2D eigenvalue weighted by atomic mass is 79.9. The number of benzene rings is 1. The van der Waals surface area contributed by atoms with Gasteiger partial charge in [-0.15, -0.1) is 0 Å². The number of halogens is 4. The van der Waals surface area contributed by atoms with E-state index in [0.717, 1.165) is 32.0 Å². The molecule has 2 fully saturated rings. The molecule has 3 rings (SSSR count). The summed E-state index contributed by atoms with van der Waals surface area (Å²) >= 11 is 3.12. The van der Waals surface area contributed by atoms with E-state index in [9.17, 15) is 13.2 Å². The SMILES string of the molecule is FC(F)(F)c1cc(Br)ccc1NC1CCN2CCCCC12. The first-order chi connectivity index (χ1) is 9.95. The summed E-state index contributed by atoms with van der Waals surface area (Å²) in [5.41, 5.74) is -0.394. The van der Waals surface area contributed by atoms with Crippen molar-refractivity contribution in [3.8, 4) is 0 Å². The molecule has 21 heavy (non-hydrogen) atoms.